The minimum atomic E-state index is -2.73. The fourth-order valence-corrected chi connectivity index (χ4v) is 2.67. The Hall–Kier alpha value is -4.08. The van der Waals surface area contributed by atoms with Gasteiger partial charge in [-0.25, -0.2) is 13.2 Å². The first-order valence-electron chi connectivity index (χ1n) is 9.26. The second kappa shape index (κ2) is 9.82. The molecule has 1 heterocycles. The van der Waals surface area contributed by atoms with Gasteiger partial charge in [-0.1, -0.05) is 11.6 Å². The number of aryl methyl sites for hydroxylation is 1. The zero-order chi connectivity index (χ0) is 23.3. The van der Waals surface area contributed by atoms with Crippen LogP contribution >= 0.6 is 0 Å². The van der Waals surface area contributed by atoms with Crippen molar-refractivity contribution in [2.24, 2.45) is 0 Å². The number of halogens is 3. The number of alkyl halides is 2. The van der Waals surface area contributed by atoms with Crippen LogP contribution in [0.25, 0.3) is 0 Å². The Balaban J connectivity index is 1.79. The van der Waals surface area contributed by atoms with Gasteiger partial charge < -0.3 is 19.2 Å². The van der Waals surface area contributed by atoms with E-state index < -0.39 is 36.6 Å². The minimum Gasteiger partial charge on any atom is -0.487 e. The van der Waals surface area contributed by atoms with Gasteiger partial charge in [0, 0.05) is 5.56 Å². The zero-order valence-corrected chi connectivity index (χ0v) is 16.7. The van der Waals surface area contributed by atoms with Gasteiger partial charge in [-0.3, -0.25) is 15.6 Å². The molecule has 0 saturated carbocycles. The molecule has 0 fully saturated rings. The molecule has 3 aromatic rings. The number of rotatable bonds is 7. The van der Waals surface area contributed by atoms with E-state index in [0.29, 0.717) is 5.56 Å². The van der Waals surface area contributed by atoms with Crippen molar-refractivity contribution in [2.45, 2.75) is 13.3 Å². The number of amides is 1. The summed E-state index contributed by atoms with van der Waals surface area (Å²) in [5.74, 6) is -2.45. The van der Waals surface area contributed by atoms with E-state index in [1.54, 1.807) is 19.1 Å². The van der Waals surface area contributed by atoms with Crippen molar-refractivity contribution in [2.75, 3.05) is 11.9 Å². The molecule has 10 heteroatoms. The average Bonchev–Trinajstić information content (AvgIpc) is 3.29. The number of hydrogen-bond donors (Lipinski definition) is 3. The molecule has 0 aliphatic rings. The average molecular weight is 445 g/mol. The molecule has 166 valence electrons. The van der Waals surface area contributed by atoms with Gasteiger partial charge in [-0.2, -0.15) is 0 Å². The van der Waals surface area contributed by atoms with Gasteiger partial charge in [0.25, 0.3) is 18.2 Å². The smallest absolute Gasteiger partial charge is 0.272 e. The van der Waals surface area contributed by atoms with Crippen LogP contribution in [0.5, 0.6) is 5.75 Å². The lowest BCUT2D eigenvalue weighted by Gasteiger charge is -2.14. The first-order chi connectivity index (χ1) is 15.2. The highest BCUT2D eigenvalue weighted by Crippen LogP contribution is 2.24. The molecule has 0 aliphatic heterocycles. The summed E-state index contributed by atoms with van der Waals surface area (Å²) in [7, 11) is 0. The topological polar surface area (TPSA) is 108 Å². The summed E-state index contributed by atoms with van der Waals surface area (Å²) in [4.78, 5) is 12.7. The van der Waals surface area contributed by atoms with Crippen LogP contribution in [0.3, 0.4) is 0 Å². The van der Waals surface area contributed by atoms with Gasteiger partial charge in [-0.15, -0.1) is 0 Å². The predicted octanol–water partition coefficient (Wildman–Crippen LogP) is 4.99. The molecule has 0 radical (unpaired) electrons. The monoisotopic (exact) mass is 445 g/mol. The third-order valence-electron chi connectivity index (χ3n) is 4.17. The van der Waals surface area contributed by atoms with Gasteiger partial charge >= 0.3 is 0 Å². The molecule has 0 aliphatic carbocycles. The van der Waals surface area contributed by atoms with Crippen LogP contribution in [0, 0.1) is 23.6 Å². The summed E-state index contributed by atoms with van der Waals surface area (Å²) >= 11 is 0. The van der Waals surface area contributed by atoms with Crippen molar-refractivity contribution in [1.82, 2.24) is 0 Å². The van der Waals surface area contributed by atoms with E-state index in [2.05, 4.69) is 5.32 Å². The van der Waals surface area contributed by atoms with Gasteiger partial charge in [0.05, 0.1) is 17.5 Å². The lowest BCUT2D eigenvalue weighted by molar-refractivity contribution is 0.0803. The Morgan fingerprint density at radius 3 is 2.59 bits per heavy atom. The number of carbonyl (C=O) groups is 1. The van der Waals surface area contributed by atoms with E-state index >= 15 is 0 Å². The third kappa shape index (κ3) is 5.54. The molecule has 3 N–H and O–H groups in total. The van der Waals surface area contributed by atoms with Crippen LogP contribution < -0.4 is 10.1 Å². The largest absolute Gasteiger partial charge is 0.487 e. The molecule has 3 rings (SSSR count). The van der Waals surface area contributed by atoms with E-state index in [4.69, 9.17) is 24.7 Å². The molecule has 2 aromatic carbocycles. The van der Waals surface area contributed by atoms with Crippen molar-refractivity contribution in [3.8, 4) is 5.75 Å². The van der Waals surface area contributed by atoms with Crippen LogP contribution in [-0.4, -0.2) is 30.7 Å². The maximum absolute atomic E-state index is 14.3. The van der Waals surface area contributed by atoms with E-state index in [1.807, 2.05) is 0 Å². The predicted molar refractivity (Wildman–Crippen MR) is 110 cm³/mol. The molecule has 0 saturated heterocycles. The maximum atomic E-state index is 14.3. The lowest BCUT2D eigenvalue weighted by atomic mass is 10.1. The number of carbonyl (C=O) groups excluding carboxylic acids is 1. The standard InChI is InChI=1S/C22H18F3N3O4/c1-12-4-7-17(31-11-19(24)25)14(9-12)22(29)28-16-10-13(5-6-15(16)23)20(26)32-21(27)18-3-2-8-30-18/h2-10,19,26-27H,11H2,1H3,(H,28,29). The van der Waals surface area contributed by atoms with Crippen LogP contribution in [0.2, 0.25) is 0 Å². The summed E-state index contributed by atoms with van der Waals surface area (Å²) in [6, 6.07) is 10.8. The molecule has 0 unspecified atom stereocenters. The number of benzene rings is 2. The minimum absolute atomic E-state index is 0.0543. The fourth-order valence-electron chi connectivity index (χ4n) is 2.67. The van der Waals surface area contributed by atoms with Crippen molar-refractivity contribution < 1.29 is 31.9 Å². The Bertz CT molecular complexity index is 1150. The summed E-state index contributed by atoms with van der Waals surface area (Å²) < 4.78 is 54.4. The fraction of sp³-hybridized carbons (Fsp3) is 0.136. The molecule has 0 atom stereocenters. The quantitative estimate of drug-likeness (QED) is 0.352. The Morgan fingerprint density at radius 1 is 1.12 bits per heavy atom. The Kier molecular flexibility index (Phi) is 6.93. The summed E-state index contributed by atoms with van der Waals surface area (Å²) in [5.41, 5.74) is 0.421. The molecule has 1 amide bonds. The number of ether oxygens (including phenoxy) is 2. The van der Waals surface area contributed by atoms with Crippen molar-refractivity contribution in [3.05, 3.63) is 83.1 Å². The summed E-state index contributed by atoms with van der Waals surface area (Å²) in [6.45, 7) is 0.796. The molecule has 1 aromatic heterocycles. The van der Waals surface area contributed by atoms with E-state index in [1.165, 1.54) is 30.5 Å². The Morgan fingerprint density at radius 2 is 1.91 bits per heavy atom. The van der Waals surface area contributed by atoms with Crippen molar-refractivity contribution in [3.63, 3.8) is 0 Å². The second-order valence-electron chi connectivity index (χ2n) is 6.59. The second-order valence-corrected chi connectivity index (χ2v) is 6.59. The summed E-state index contributed by atoms with van der Waals surface area (Å²) in [6.07, 6.45) is -1.39. The maximum Gasteiger partial charge on any atom is 0.272 e. The van der Waals surface area contributed by atoms with E-state index in [0.717, 1.165) is 12.1 Å². The molecular weight excluding hydrogens is 427 g/mol. The SMILES string of the molecule is Cc1ccc(OCC(F)F)c(C(=O)Nc2cc(C(=N)OC(=N)c3ccco3)ccc2F)c1. The van der Waals surface area contributed by atoms with Crippen LogP contribution in [0.4, 0.5) is 18.9 Å². The molecule has 0 spiro atoms. The van der Waals surface area contributed by atoms with Crippen molar-refractivity contribution in [1.29, 1.82) is 10.8 Å². The number of furan rings is 1. The first-order valence-corrected chi connectivity index (χ1v) is 9.26. The van der Waals surface area contributed by atoms with Crippen LogP contribution in [0.1, 0.15) is 27.2 Å². The highest BCUT2D eigenvalue weighted by molar-refractivity contribution is 6.08. The van der Waals surface area contributed by atoms with Gasteiger partial charge in [0.2, 0.25) is 5.90 Å². The molecule has 7 nitrogen and oxygen atoms in total. The number of hydrogen-bond acceptors (Lipinski definition) is 6. The highest BCUT2D eigenvalue weighted by Gasteiger charge is 2.18. The molecular formula is C22H18F3N3O4. The van der Waals surface area contributed by atoms with Crippen LogP contribution in [-0.2, 0) is 4.74 Å². The first kappa shape index (κ1) is 22.6. The zero-order valence-electron chi connectivity index (χ0n) is 16.7. The van der Waals surface area contributed by atoms with Crippen molar-refractivity contribution >= 4 is 23.4 Å². The van der Waals surface area contributed by atoms with Gasteiger partial charge in [0.15, 0.2) is 5.76 Å². The van der Waals surface area contributed by atoms with Crippen LogP contribution in [0.15, 0.2) is 59.2 Å². The molecule has 32 heavy (non-hydrogen) atoms. The summed E-state index contributed by atoms with van der Waals surface area (Å²) in [5, 5.41) is 18.1. The Labute approximate surface area is 180 Å². The van der Waals surface area contributed by atoms with Gasteiger partial charge in [-0.05, 0) is 49.4 Å². The normalized spacial score (nSPS) is 10.7. The van der Waals surface area contributed by atoms with Gasteiger partial charge in [0.1, 0.15) is 18.2 Å². The molecule has 0 bridgehead atoms. The van der Waals surface area contributed by atoms with E-state index in [9.17, 15) is 18.0 Å². The number of nitrogens with one attached hydrogen (secondary N) is 3. The highest BCUT2D eigenvalue weighted by atomic mass is 19.3. The number of anilines is 1. The lowest BCUT2D eigenvalue weighted by Crippen LogP contribution is -2.17. The third-order valence-corrected chi connectivity index (χ3v) is 4.17. The van der Waals surface area contributed by atoms with E-state index in [-0.39, 0.29) is 28.3 Å².